The minimum atomic E-state index is -0.876. The predicted octanol–water partition coefficient (Wildman–Crippen LogP) is 5.31. The van der Waals surface area contributed by atoms with E-state index in [2.05, 4.69) is 25.6 Å². The number of carboxylic acid groups (broad SMARTS) is 1. The summed E-state index contributed by atoms with van der Waals surface area (Å²) in [4.78, 5) is 51.6. The van der Waals surface area contributed by atoms with E-state index in [1.165, 1.54) is 11.3 Å². The number of aromatic nitrogens is 3. The Morgan fingerprint density at radius 3 is 2.62 bits per heavy atom. The highest BCUT2D eigenvalue weighted by molar-refractivity contribution is 7.09. The third-order valence-corrected chi connectivity index (χ3v) is 9.14. The van der Waals surface area contributed by atoms with E-state index >= 15 is 0 Å². The van der Waals surface area contributed by atoms with Gasteiger partial charge in [0.25, 0.3) is 5.91 Å². The normalized spacial score (nSPS) is 20.6. The largest absolute Gasteiger partial charge is 0.481 e. The number of nitrogens with zero attached hydrogens (tertiary/aromatic N) is 3. The highest BCUT2D eigenvalue weighted by atomic mass is 32.1. The summed E-state index contributed by atoms with van der Waals surface area (Å²) in [5, 5.41) is 18.4. The van der Waals surface area contributed by atoms with Crippen LogP contribution in [-0.2, 0) is 16.1 Å². The molecule has 218 valence electrons. The standard InChI is InChI=1S/C31H34N6O4S/c38-28-14-11-20(15-29(39)40)22-5-1-4-8-26(22)37(28)17-27-34-25(18-42-27)30(41)32-16-19-9-12-21(13-10-19)33-31-35-23-6-2-3-7-24(23)36-31/h1-8,18-21H,9-17H2,(H,32,41)(H,39,40)(H2,33,35,36). The van der Waals surface area contributed by atoms with Gasteiger partial charge in [-0.1, -0.05) is 30.3 Å². The molecule has 1 unspecified atom stereocenters. The van der Waals surface area contributed by atoms with E-state index in [0.717, 1.165) is 53.9 Å². The minimum absolute atomic E-state index is 0.0147. The van der Waals surface area contributed by atoms with Gasteiger partial charge < -0.3 is 25.6 Å². The van der Waals surface area contributed by atoms with Crippen molar-refractivity contribution in [3.63, 3.8) is 0 Å². The van der Waals surface area contributed by atoms with E-state index in [-0.39, 0.29) is 37.1 Å². The minimum Gasteiger partial charge on any atom is -0.481 e. The number of nitrogens with one attached hydrogen (secondary N) is 3. The van der Waals surface area contributed by atoms with Gasteiger partial charge in [0, 0.05) is 30.1 Å². The SMILES string of the molecule is O=C(O)CC1CCC(=O)N(Cc2nc(C(=O)NCC3CCC(Nc4nc5ccccc5[nH]4)CC3)cs2)c2ccccc21. The maximum atomic E-state index is 13.1. The molecule has 6 rings (SSSR count). The van der Waals surface area contributed by atoms with Gasteiger partial charge >= 0.3 is 5.97 Å². The topological polar surface area (TPSA) is 140 Å². The molecule has 1 aliphatic carbocycles. The quantitative estimate of drug-likeness (QED) is 0.208. The van der Waals surface area contributed by atoms with Crippen LogP contribution in [0.4, 0.5) is 11.6 Å². The molecule has 2 aromatic carbocycles. The third-order valence-electron chi connectivity index (χ3n) is 8.30. The lowest BCUT2D eigenvalue weighted by Gasteiger charge is -2.29. The van der Waals surface area contributed by atoms with E-state index in [1.54, 1.807) is 10.3 Å². The van der Waals surface area contributed by atoms with Crippen LogP contribution in [0.15, 0.2) is 53.9 Å². The van der Waals surface area contributed by atoms with E-state index in [4.69, 9.17) is 0 Å². The van der Waals surface area contributed by atoms with Crippen LogP contribution in [0, 0.1) is 5.92 Å². The number of hydrogen-bond acceptors (Lipinski definition) is 7. The molecule has 0 radical (unpaired) electrons. The first-order valence-corrected chi connectivity index (χ1v) is 15.4. The lowest BCUT2D eigenvalue weighted by molar-refractivity contribution is -0.137. The first kappa shape index (κ1) is 27.9. The number of H-pyrrole nitrogens is 1. The van der Waals surface area contributed by atoms with Gasteiger partial charge in [-0.2, -0.15) is 0 Å². The molecule has 1 saturated carbocycles. The number of amides is 2. The molecule has 0 saturated heterocycles. The van der Waals surface area contributed by atoms with Crippen LogP contribution in [0.25, 0.3) is 11.0 Å². The molecule has 1 aliphatic heterocycles. The summed E-state index contributed by atoms with van der Waals surface area (Å²) in [6.07, 6.45) is 4.79. The molecule has 1 fully saturated rings. The average Bonchev–Trinajstić information content (AvgIpc) is 3.61. The number of aliphatic carboxylic acids is 1. The number of imidazole rings is 1. The summed E-state index contributed by atoms with van der Waals surface area (Å²) in [6, 6.07) is 15.8. The number of hydrogen-bond donors (Lipinski definition) is 4. The summed E-state index contributed by atoms with van der Waals surface area (Å²) < 4.78 is 0. The van der Waals surface area contributed by atoms with Crippen LogP contribution in [-0.4, -0.2) is 50.4 Å². The summed E-state index contributed by atoms with van der Waals surface area (Å²) >= 11 is 1.35. The zero-order chi connectivity index (χ0) is 29.1. The van der Waals surface area contributed by atoms with Crippen LogP contribution in [0.5, 0.6) is 0 Å². The number of carboxylic acids is 1. The Labute approximate surface area is 247 Å². The number of thiazole rings is 1. The van der Waals surface area contributed by atoms with Crippen molar-refractivity contribution in [2.45, 2.75) is 63.5 Å². The Bertz CT molecular complexity index is 1560. The molecule has 0 bridgehead atoms. The Morgan fingerprint density at radius 2 is 1.81 bits per heavy atom. The number of rotatable bonds is 9. The Balaban J connectivity index is 1.01. The van der Waals surface area contributed by atoms with Crippen molar-refractivity contribution < 1.29 is 19.5 Å². The number of anilines is 2. The maximum Gasteiger partial charge on any atom is 0.303 e. The van der Waals surface area contributed by atoms with Crippen molar-refractivity contribution in [2.24, 2.45) is 5.92 Å². The second-order valence-corrected chi connectivity index (χ2v) is 12.1. The molecular weight excluding hydrogens is 552 g/mol. The number of para-hydroxylation sites is 3. The zero-order valence-electron chi connectivity index (χ0n) is 23.2. The molecule has 1 atom stereocenters. The highest BCUT2D eigenvalue weighted by Crippen LogP contribution is 2.37. The fourth-order valence-electron chi connectivity index (χ4n) is 6.07. The van der Waals surface area contributed by atoms with Crippen molar-refractivity contribution in [3.05, 3.63) is 70.2 Å². The van der Waals surface area contributed by atoms with Crippen LogP contribution in [0.3, 0.4) is 0 Å². The summed E-state index contributed by atoms with van der Waals surface area (Å²) in [5.41, 5.74) is 3.91. The molecule has 4 aromatic rings. The molecule has 3 heterocycles. The fraction of sp³-hybridized carbons (Fsp3) is 0.387. The van der Waals surface area contributed by atoms with E-state index in [9.17, 15) is 19.5 Å². The van der Waals surface area contributed by atoms with Crippen LogP contribution in [0.2, 0.25) is 0 Å². The molecule has 4 N–H and O–H groups in total. The Hall–Kier alpha value is -4.25. The van der Waals surface area contributed by atoms with Gasteiger partial charge in [0.1, 0.15) is 10.7 Å². The van der Waals surface area contributed by atoms with Crippen molar-refractivity contribution in [1.82, 2.24) is 20.3 Å². The van der Waals surface area contributed by atoms with Crippen molar-refractivity contribution in [3.8, 4) is 0 Å². The smallest absolute Gasteiger partial charge is 0.303 e. The second-order valence-electron chi connectivity index (χ2n) is 11.2. The summed E-state index contributed by atoms with van der Waals surface area (Å²) in [6.45, 7) is 0.849. The van der Waals surface area contributed by atoms with E-state index in [0.29, 0.717) is 35.6 Å². The molecule has 2 aromatic heterocycles. The fourth-order valence-corrected chi connectivity index (χ4v) is 6.84. The van der Waals surface area contributed by atoms with Crippen molar-refractivity contribution in [1.29, 1.82) is 0 Å². The molecular formula is C31H34N6O4S. The van der Waals surface area contributed by atoms with Crippen LogP contribution < -0.4 is 15.5 Å². The van der Waals surface area contributed by atoms with Gasteiger partial charge in [0.15, 0.2) is 0 Å². The second kappa shape index (κ2) is 12.3. The molecule has 11 heteroatoms. The molecule has 2 aliphatic rings. The lowest BCUT2D eigenvalue weighted by atomic mass is 9.86. The molecule has 42 heavy (non-hydrogen) atoms. The monoisotopic (exact) mass is 586 g/mol. The van der Waals surface area contributed by atoms with Gasteiger partial charge in [-0.15, -0.1) is 11.3 Å². The van der Waals surface area contributed by atoms with Crippen LogP contribution in [0.1, 0.15) is 71.9 Å². The number of aromatic amines is 1. The maximum absolute atomic E-state index is 13.1. The Morgan fingerprint density at radius 1 is 1.02 bits per heavy atom. The number of fused-ring (bicyclic) bond motifs is 2. The number of benzene rings is 2. The van der Waals surface area contributed by atoms with E-state index in [1.807, 2.05) is 48.5 Å². The van der Waals surface area contributed by atoms with Gasteiger partial charge in [0.2, 0.25) is 11.9 Å². The number of carbonyl (C=O) groups excluding carboxylic acids is 2. The van der Waals surface area contributed by atoms with Gasteiger partial charge in [-0.25, -0.2) is 9.97 Å². The highest BCUT2D eigenvalue weighted by Gasteiger charge is 2.30. The van der Waals surface area contributed by atoms with Crippen molar-refractivity contribution in [2.75, 3.05) is 16.8 Å². The first-order chi connectivity index (χ1) is 20.4. The first-order valence-electron chi connectivity index (χ1n) is 14.5. The molecule has 2 amide bonds. The summed E-state index contributed by atoms with van der Waals surface area (Å²) in [5.74, 6) is -0.158. The average molecular weight is 587 g/mol. The van der Waals surface area contributed by atoms with Gasteiger partial charge in [-0.3, -0.25) is 14.4 Å². The Kier molecular flexibility index (Phi) is 8.18. The molecule has 10 nitrogen and oxygen atoms in total. The van der Waals surface area contributed by atoms with Crippen molar-refractivity contribution >= 4 is 51.8 Å². The lowest BCUT2D eigenvalue weighted by Crippen LogP contribution is -2.34. The zero-order valence-corrected chi connectivity index (χ0v) is 24.0. The van der Waals surface area contributed by atoms with Crippen LogP contribution >= 0.6 is 11.3 Å². The summed E-state index contributed by atoms with van der Waals surface area (Å²) in [7, 11) is 0. The third kappa shape index (κ3) is 6.30. The van der Waals surface area contributed by atoms with Gasteiger partial charge in [-0.05, 0) is 67.7 Å². The number of carbonyl (C=O) groups is 3. The predicted molar refractivity (Wildman–Crippen MR) is 162 cm³/mol. The molecule has 0 spiro atoms. The van der Waals surface area contributed by atoms with Gasteiger partial charge in [0.05, 0.1) is 24.0 Å². The van der Waals surface area contributed by atoms with E-state index < -0.39 is 5.97 Å².